The van der Waals surface area contributed by atoms with E-state index in [0.29, 0.717) is 13.1 Å². The van der Waals surface area contributed by atoms with Crippen LogP contribution in [0.25, 0.3) is 11.1 Å². The van der Waals surface area contributed by atoms with Crippen LogP contribution in [0, 0.1) is 0 Å². The van der Waals surface area contributed by atoms with Crippen LogP contribution in [0.4, 0.5) is 0 Å². The van der Waals surface area contributed by atoms with Crippen molar-refractivity contribution in [2.75, 3.05) is 0 Å². The average molecular weight is 186 g/mol. The molecule has 2 rings (SSSR count). The number of rotatable bonds is 3. The molecule has 2 nitrogen and oxygen atoms in total. The molecule has 0 saturated heterocycles. The number of fused-ring (bicyclic) bond motifs is 1. The molecular weight excluding hydrogens is 176 g/mol. The molecule has 0 saturated carbocycles. The third-order valence-corrected chi connectivity index (χ3v) is 2.19. The first-order chi connectivity index (χ1) is 6.92. The van der Waals surface area contributed by atoms with Crippen molar-refractivity contribution >= 4 is 6.47 Å². The SMILES string of the molecule is O=COCc1ccc2cccccc1-2. The largest absolute Gasteiger partial charge is 0.463 e. The van der Waals surface area contributed by atoms with Crippen molar-refractivity contribution in [2.45, 2.75) is 6.61 Å². The summed E-state index contributed by atoms with van der Waals surface area (Å²) >= 11 is 0. The first-order valence-electron chi connectivity index (χ1n) is 4.44. The van der Waals surface area contributed by atoms with Crippen LogP contribution < -0.4 is 0 Å². The van der Waals surface area contributed by atoms with Gasteiger partial charge in [0, 0.05) is 0 Å². The maximum Gasteiger partial charge on any atom is 0.293 e. The molecule has 0 aromatic carbocycles. The molecular formula is C12H10O2. The van der Waals surface area contributed by atoms with Gasteiger partial charge in [-0.15, -0.1) is 0 Å². The summed E-state index contributed by atoms with van der Waals surface area (Å²) in [7, 11) is 0. The van der Waals surface area contributed by atoms with E-state index in [0.717, 1.165) is 11.1 Å². The van der Waals surface area contributed by atoms with Crippen molar-refractivity contribution < 1.29 is 9.53 Å². The van der Waals surface area contributed by atoms with E-state index < -0.39 is 0 Å². The van der Waals surface area contributed by atoms with Crippen LogP contribution >= 0.6 is 0 Å². The van der Waals surface area contributed by atoms with E-state index in [1.54, 1.807) is 0 Å². The van der Waals surface area contributed by atoms with Crippen molar-refractivity contribution in [1.29, 1.82) is 0 Å². The molecule has 0 amide bonds. The summed E-state index contributed by atoms with van der Waals surface area (Å²) in [5, 5.41) is 0. The lowest BCUT2D eigenvalue weighted by atomic mass is 10.1. The second kappa shape index (κ2) is 3.92. The molecule has 0 radical (unpaired) electrons. The summed E-state index contributed by atoms with van der Waals surface area (Å²) in [6.07, 6.45) is 0. The molecule has 70 valence electrons. The second-order valence-electron chi connectivity index (χ2n) is 3.05. The van der Waals surface area contributed by atoms with E-state index in [-0.39, 0.29) is 0 Å². The van der Waals surface area contributed by atoms with E-state index in [1.165, 1.54) is 5.56 Å². The molecule has 0 aromatic rings. The predicted octanol–water partition coefficient (Wildman–Crippen LogP) is 2.46. The Hall–Kier alpha value is -1.83. The molecule has 0 fully saturated rings. The Morgan fingerprint density at radius 1 is 1.07 bits per heavy atom. The minimum absolute atomic E-state index is 0.344. The number of hydrogen-bond donors (Lipinski definition) is 0. The molecule has 0 bridgehead atoms. The molecule has 0 N–H and O–H groups in total. The molecule has 14 heavy (non-hydrogen) atoms. The quantitative estimate of drug-likeness (QED) is 0.688. The minimum Gasteiger partial charge on any atom is -0.463 e. The molecule has 2 aliphatic carbocycles. The molecule has 0 atom stereocenters. The summed E-state index contributed by atoms with van der Waals surface area (Å²) in [5.74, 6) is 0. The third kappa shape index (κ3) is 1.59. The summed E-state index contributed by atoms with van der Waals surface area (Å²) in [5.41, 5.74) is 3.35. The van der Waals surface area contributed by atoms with E-state index in [4.69, 9.17) is 4.74 Å². The van der Waals surface area contributed by atoms with E-state index >= 15 is 0 Å². The van der Waals surface area contributed by atoms with Crippen molar-refractivity contribution in [3.63, 3.8) is 0 Å². The van der Waals surface area contributed by atoms with Crippen molar-refractivity contribution in [2.24, 2.45) is 0 Å². The van der Waals surface area contributed by atoms with Gasteiger partial charge in [-0.05, 0) is 16.7 Å². The van der Waals surface area contributed by atoms with Crippen LogP contribution in [0.1, 0.15) is 5.56 Å². The van der Waals surface area contributed by atoms with Crippen molar-refractivity contribution in [3.05, 3.63) is 48.0 Å². The van der Waals surface area contributed by atoms with Gasteiger partial charge in [0.25, 0.3) is 6.47 Å². The maximum absolute atomic E-state index is 10.1. The van der Waals surface area contributed by atoms with E-state index in [2.05, 4.69) is 0 Å². The lowest BCUT2D eigenvalue weighted by Crippen LogP contribution is -1.88. The van der Waals surface area contributed by atoms with Crippen molar-refractivity contribution in [3.8, 4) is 11.1 Å². The highest BCUT2D eigenvalue weighted by Gasteiger charge is 2.06. The van der Waals surface area contributed by atoms with Crippen LogP contribution in [-0.2, 0) is 16.1 Å². The second-order valence-corrected chi connectivity index (χ2v) is 3.05. The number of carbonyl (C=O) groups excluding carboxylic acids is 1. The molecule has 0 spiro atoms. The van der Waals surface area contributed by atoms with Gasteiger partial charge in [0.15, 0.2) is 0 Å². The van der Waals surface area contributed by atoms with Crippen LogP contribution in [0.5, 0.6) is 0 Å². The molecule has 0 aliphatic heterocycles. The molecule has 0 aromatic heterocycles. The van der Waals surface area contributed by atoms with Crippen LogP contribution in [0.2, 0.25) is 0 Å². The van der Waals surface area contributed by atoms with E-state index in [9.17, 15) is 4.79 Å². The Morgan fingerprint density at radius 3 is 2.79 bits per heavy atom. The molecule has 2 heteroatoms. The van der Waals surface area contributed by atoms with Gasteiger partial charge in [0.2, 0.25) is 0 Å². The lowest BCUT2D eigenvalue weighted by Gasteiger charge is -1.99. The Balaban J connectivity index is 2.37. The zero-order valence-corrected chi connectivity index (χ0v) is 7.64. The fourth-order valence-corrected chi connectivity index (χ4v) is 1.53. The van der Waals surface area contributed by atoms with Gasteiger partial charge < -0.3 is 4.74 Å². The van der Waals surface area contributed by atoms with E-state index in [1.807, 2.05) is 42.5 Å². The number of carbonyl (C=O) groups is 1. The van der Waals surface area contributed by atoms with Gasteiger partial charge in [0.05, 0.1) is 0 Å². The number of ether oxygens (including phenoxy) is 1. The summed E-state index contributed by atoms with van der Waals surface area (Å²) in [6, 6.07) is 14.0. The molecule has 0 heterocycles. The van der Waals surface area contributed by atoms with Gasteiger partial charge in [-0.1, -0.05) is 42.5 Å². The Kier molecular flexibility index (Phi) is 2.45. The summed E-state index contributed by atoms with van der Waals surface area (Å²) in [4.78, 5) is 10.1. The van der Waals surface area contributed by atoms with Crippen LogP contribution in [0.3, 0.4) is 0 Å². The fraction of sp³-hybridized carbons (Fsp3) is 0.0833. The highest BCUT2D eigenvalue weighted by Crippen LogP contribution is 2.26. The first kappa shape index (κ1) is 8.75. The normalized spacial score (nSPS) is 10.0. The standard InChI is InChI=1S/C12H10O2/c13-9-14-8-11-7-6-10-4-2-1-3-5-12(10)11/h1-7,9H,8H2. The Bertz CT molecular complexity index is 409. The Morgan fingerprint density at radius 2 is 1.93 bits per heavy atom. The van der Waals surface area contributed by atoms with Gasteiger partial charge >= 0.3 is 0 Å². The maximum atomic E-state index is 10.1. The topological polar surface area (TPSA) is 26.3 Å². The smallest absolute Gasteiger partial charge is 0.293 e. The fourth-order valence-electron chi connectivity index (χ4n) is 1.53. The van der Waals surface area contributed by atoms with Gasteiger partial charge in [0.1, 0.15) is 6.61 Å². The molecule has 2 aliphatic rings. The lowest BCUT2D eigenvalue weighted by molar-refractivity contribution is -0.129. The number of hydrogen-bond acceptors (Lipinski definition) is 2. The Labute approximate surface area is 82.5 Å². The third-order valence-electron chi connectivity index (χ3n) is 2.19. The predicted molar refractivity (Wildman–Crippen MR) is 53.9 cm³/mol. The highest BCUT2D eigenvalue weighted by atomic mass is 16.5. The summed E-state index contributed by atoms with van der Waals surface area (Å²) in [6.45, 7) is 0.818. The van der Waals surface area contributed by atoms with Gasteiger partial charge in [-0.3, -0.25) is 4.79 Å². The minimum atomic E-state index is 0.344. The van der Waals surface area contributed by atoms with Gasteiger partial charge in [-0.2, -0.15) is 0 Å². The highest BCUT2D eigenvalue weighted by molar-refractivity contribution is 5.70. The zero-order chi connectivity index (χ0) is 9.80. The van der Waals surface area contributed by atoms with Crippen LogP contribution in [-0.4, -0.2) is 6.47 Å². The van der Waals surface area contributed by atoms with Gasteiger partial charge in [-0.25, -0.2) is 0 Å². The molecule has 0 unspecified atom stereocenters. The first-order valence-corrected chi connectivity index (χ1v) is 4.44. The average Bonchev–Trinajstić information content (AvgIpc) is 2.45. The zero-order valence-electron chi connectivity index (χ0n) is 7.64. The van der Waals surface area contributed by atoms with Crippen LogP contribution in [0.15, 0.2) is 42.5 Å². The van der Waals surface area contributed by atoms with Crippen molar-refractivity contribution in [1.82, 2.24) is 0 Å². The summed E-state index contributed by atoms with van der Waals surface area (Å²) < 4.78 is 4.74. The monoisotopic (exact) mass is 186 g/mol.